The Morgan fingerprint density at radius 2 is 1.96 bits per heavy atom. The first-order valence-corrected chi connectivity index (χ1v) is 8.65. The molecule has 132 valence electrons. The van der Waals surface area contributed by atoms with Crippen molar-refractivity contribution >= 4 is 11.8 Å². The molecule has 1 heterocycles. The van der Waals surface area contributed by atoms with Crippen LogP contribution in [0.2, 0.25) is 0 Å². The van der Waals surface area contributed by atoms with Gasteiger partial charge in [-0.15, -0.1) is 0 Å². The number of carbonyl (C=O) groups excluding carboxylic acids is 2. The summed E-state index contributed by atoms with van der Waals surface area (Å²) in [6.07, 6.45) is 5.71. The lowest BCUT2D eigenvalue weighted by Gasteiger charge is -2.11. The number of amides is 2. The summed E-state index contributed by atoms with van der Waals surface area (Å²) >= 11 is 0. The highest BCUT2D eigenvalue weighted by Crippen LogP contribution is 2.13. The highest BCUT2D eigenvalue weighted by Gasteiger charge is 2.23. The van der Waals surface area contributed by atoms with Crippen molar-refractivity contribution in [2.24, 2.45) is 0 Å². The van der Waals surface area contributed by atoms with Crippen LogP contribution in [0.3, 0.4) is 0 Å². The summed E-state index contributed by atoms with van der Waals surface area (Å²) in [6.45, 7) is 3.45. The second-order valence-corrected chi connectivity index (χ2v) is 5.88. The minimum Gasteiger partial charge on any atom is -0.494 e. The lowest BCUT2D eigenvalue weighted by molar-refractivity contribution is -0.130. The maximum absolute atomic E-state index is 12.0. The first kappa shape index (κ1) is 18.3. The maximum atomic E-state index is 12.0. The number of hydrogen-bond acceptors (Lipinski definition) is 4. The number of rotatable bonds is 8. The van der Waals surface area contributed by atoms with Crippen molar-refractivity contribution in [2.75, 3.05) is 13.2 Å². The number of hydrazine groups is 1. The van der Waals surface area contributed by atoms with Gasteiger partial charge in [0.1, 0.15) is 11.9 Å². The zero-order chi connectivity index (χ0) is 17.2. The molecule has 6 nitrogen and oxygen atoms in total. The van der Waals surface area contributed by atoms with Crippen molar-refractivity contribution in [3.05, 3.63) is 29.8 Å². The molecule has 2 rings (SSSR count). The Labute approximate surface area is 142 Å². The zero-order valence-corrected chi connectivity index (χ0v) is 14.2. The Hall–Kier alpha value is -2.08. The topological polar surface area (TPSA) is 76.7 Å². The SMILES string of the molecule is CCCCCCOc1ccc(C(=O)NNC(=O)C2CCCO2)cc1. The van der Waals surface area contributed by atoms with Crippen molar-refractivity contribution in [1.82, 2.24) is 10.9 Å². The minimum absolute atomic E-state index is 0.312. The van der Waals surface area contributed by atoms with Gasteiger partial charge in [0.2, 0.25) is 0 Å². The fraction of sp³-hybridized carbons (Fsp3) is 0.556. The molecule has 2 amide bonds. The molecule has 1 atom stereocenters. The lowest BCUT2D eigenvalue weighted by atomic mass is 10.2. The van der Waals surface area contributed by atoms with Crippen molar-refractivity contribution < 1.29 is 19.1 Å². The Kier molecular flexibility index (Phi) is 7.55. The Morgan fingerprint density at radius 3 is 2.62 bits per heavy atom. The van der Waals surface area contributed by atoms with E-state index in [1.165, 1.54) is 19.3 Å². The summed E-state index contributed by atoms with van der Waals surface area (Å²) in [4.78, 5) is 23.8. The van der Waals surface area contributed by atoms with Crippen LogP contribution < -0.4 is 15.6 Å². The number of carbonyl (C=O) groups is 2. The molecule has 1 aliphatic rings. The number of ether oxygens (including phenoxy) is 2. The van der Waals surface area contributed by atoms with Gasteiger partial charge >= 0.3 is 0 Å². The summed E-state index contributed by atoms with van der Waals surface area (Å²) in [5, 5.41) is 0. The second-order valence-electron chi connectivity index (χ2n) is 5.88. The van der Waals surface area contributed by atoms with Gasteiger partial charge < -0.3 is 9.47 Å². The van der Waals surface area contributed by atoms with E-state index in [4.69, 9.17) is 9.47 Å². The fourth-order valence-electron chi connectivity index (χ4n) is 2.48. The molecule has 1 saturated heterocycles. The summed E-state index contributed by atoms with van der Waals surface area (Å²) in [7, 11) is 0. The highest BCUT2D eigenvalue weighted by atomic mass is 16.5. The van der Waals surface area contributed by atoms with Gasteiger partial charge in [0.25, 0.3) is 11.8 Å². The van der Waals surface area contributed by atoms with Crippen LogP contribution in [-0.4, -0.2) is 31.1 Å². The van der Waals surface area contributed by atoms with Crippen LogP contribution in [0.4, 0.5) is 0 Å². The number of benzene rings is 1. The van der Waals surface area contributed by atoms with Crippen LogP contribution in [0, 0.1) is 0 Å². The number of nitrogens with one attached hydrogen (secondary N) is 2. The van der Waals surface area contributed by atoms with E-state index in [1.807, 2.05) is 0 Å². The second kappa shape index (κ2) is 9.93. The Bertz CT molecular complexity index is 524. The monoisotopic (exact) mass is 334 g/mol. The van der Waals surface area contributed by atoms with Crippen molar-refractivity contribution in [2.45, 2.75) is 51.6 Å². The zero-order valence-electron chi connectivity index (χ0n) is 14.2. The van der Waals surface area contributed by atoms with Crippen LogP contribution >= 0.6 is 0 Å². The smallest absolute Gasteiger partial charge is 0.269 e. The predicted octanol–water partition coefficient (Wildman–Crippen LogP) is 2.59. The van der Waals surface area contributed by atoms with E-state index >= 15 is 0 Å². The average molecular weight is 334 g/mol. The predicted molar refractivity (Wildman–Crippen MR) is 90.7 cm³/mol. The third-order valence-electron chi connectivity index (χ3n) is 3.90. The highest BCUT2D eigenvalue weighted by molar-refractivity contribution is 5.95. The van der Waals surface area contributed by atoms with E-state index in [0.29, 0.717) is 25.2 Å². The van der Waals surface area contributed by atoms with Gasteiger partial charge in [-0.05, 0) is 43.5 Å². The van der Waals surface area contributed by atoms with Gasteiger partial charge in [-0.1, -0.05) is 26.2 Å². The van der Waals surface area contributed by atoms with E-state index in [1.54, 1.807) is 24.3 Å². The molecular formula is C18H26N2O4. The third kappa shape index (κ3) is 5.85. The van der Waals surface area contributed by atoms with Gasteiger partial charge in [-0.3, -0.25) is 20.4 Å². The fourth-order valence-corrected chi connectivity index (χ4v) is 2.48. The van der Waals surface area contributed by atoms with Gasteiger partial charge in [0, 0.05) is 12.2 Å². The summed E-state index contributed by atoms with van der Waals surface area (Å²) in [5.41, 5.74) is 5.26. The van der Waals surface area contributed by atoms with Crippen LogP contribution in [0.1, 0.15) is 55.8 Å². The summed E-state index contributed by atoms with van der Waals surface area (Å²) < 4.78 is 10.9. The molecule has 0 aromatic heterocycles. The molecule has 1 fully saturated rings. The van der Waals surface area contributed by atoms with Gasteiger partial charge in [0.05, 0.1) is 6.61 Å². The van der Waals surface area contributed by atoms with Crippen LogP contribution in [0.25, 0.3) is 0 Å². The third-order valence-corrected chi connectivity index (χ3v) is 3.90. The standard InChI is InChI=1S/C18H26N2O4/c1-2-3-4-5-12-23-15-10-8-14(9-11-15)17(21)19-20-18(22)16-7-6-13-24-16/h8-11,16H,2-7,12-13H2,1H3,(H,19,21)(H,20,22). The van der Waals surface area contributed by atoms with E-state index in [0.717, 1.165) is 18.6 Å². The van der Waals surface area contributed by atoms with Gasteiger partial charge in [-0.25, -0.2) is 0 Å². The van der Waals surface area contributed by atoms with E-state index < -0.39 is 6.10 Å². The number of hydrogen-bond donors (Lipinski definition) is 2. The molecule has 0 spiro atoms. The molecule has 1 aromatic rings. The minimum atomic E-state index is -0.464. The molecule has 1 aromatic carbocycles. The van der Waals surface area contributed by atoms with Crippen molar-refractivity contribution in [3.63, 3.8) is 0 Å². The molecule has 0 radical (unpaired) electrons. The van der Waals surface area contributed by atoms with Crippen molar-refractivity contribution in [1.29, 1.82) is 0 Å². The average Bonchev–Trinajstić information content (AvgIpc) is 3.14. The molecule has 24 heavy (non-hydrogen) atoms. The van der Waals surface area contributed by atoms with Gasteiger partial charge in [0.15, 0.2) is 0 Å². The van der Waals surface area contributed by atoms with E-state index in [9.17, 15) is 9.59 Å². The molecule has 0 saturated carbocycles. The first-order valence-electron chi connectivity index (χ1n) is 8.65. The van der Waals surface area contributed by atoms with Crippen molar-refractivity contribution in [3.8, 4) is 5.75 Å². The molecule has 2 N–H and O–H groups in total. The van der Waals surface area contributed by atoms with E-state index in [2.05, 4.69) is 17.8 Å². The molecule has 1 aliphatic heterocycles. The largest absolute Gasteiger partial charge is 0.494 e. The molecule has 1 unspecified atom stereocenters. The summed E-state index contributed by atoms with van der Waals surface area (Å²) in [6, 6.07) is 6.87. The van der Waals surface area contributed by atoms with Crippen LogP contribution in [0.5, 0.6) is 5.75 Å². The summed E-state index contributed by atoms with van der Waals surface area (Å²) in [5.74, 6) is 0.0650. The Balaban J connectivity index is 1.71. The number of unbranched alkanes of at least 4 members (excludes halogenated alkanes) is 3. The van der Waals surface area contributed by atoms with Gasteiger partial charge in [-0.2, -0.15) is 0 Å². The molecule has 0 bridgehead atoms. The quantitative estimate of drug-likeness (QED) is 0.566. The van der Waals surface area contributed by atoms with Crippen LogP contribution in [0.15, 0.2) is 24.3 Å². The lowest BCUT2D eigenvalue weighted by Crippen LogP contribution is -2.46. The van der Waals surface area contributed by atoms with Crippen LogP contribution in [-0.2, 0) is 9.53 Å². The normalized spacial score (nSPS) is 16.6. The maximum Gasteiger partial charge on any atom is 0.269 e. The molecular weight excluding hydrogens is 308 g/mol. The van der Waals surface area contributed by atoms with E-state index in [-0.39, 0.29) is 11.8 Å². The molecule has 6 heteroatoms. The Morgan fingerprint density at radius 1 is 1.17 bits per heavy atom. The molecule has 0 aliphatic carbocycles. The first-order chi connectivity index (χ1) is 11.7.